The summed E-state index contributed by atoms with van der Waals surface area (Å²) in [6, 6.07) is 17.5. The highest BCUT2D eigenvalue weighted by molar-refractivity contribution is 5.81. The van der Waals surface area contributed by atoms with E-state index in [1.165, 1.54) is 4.80 Å². The summed E-state index contributed by atoms with van der Waals surface area (Å²) in [5.41, 5.74) is 5.28. The summed E-state index contributed by atoms with van der Waals surface area (Å²) >= 11 is 0. The van der Waals surface area contributed by atoms with E-state index in [0.29, 0.717) is 16.8 Å². The highest BCUT2D eigenvalue weighted by Gasteiger charge is 2.31. The number of rotatable bonds is 6. The molecule has 0 spiro atoms. The van der Waals surface area contributed by atoms with Gasteiger partial charge < -0.3 is 10.2 Å². The minimum atomic E-state index is -0.208. The third kappa shape index (κ3) is 6.29. The van der Waals surface area contributed by atoms with Gasteiger partial charge in [0.05, 0.1) is 0 Å². The molecule has 1 heterocycles. The van der Waals surface area contributed by atoms with E-state index in [0.717, 1.165) is 35.0 Å². The van der Waals surface area contributed by atoms with Crippen molar-refractivity contribution in [2.75, 3.05) is 0 Å². The van der Waals surface area contributed by atoms with Crippen molar-refractivity contribution in [1.29, 1.82) is 0 Å². The fourth-order valence-electron chi connectivity index (χ4n) is 6.36. The van der Waals surface area contributed by atoms with E-state index in [1.807, 2.05) is 48.5 Å². The van der Waals surface area contributed by atoms with Crippen molar-refractivity contribution < 1.29 is 10.2 Å². The molecule has 4 rings (SSSR count). The molecule has 0 unspecified atom stereocenters. The van der Waals surface area contributed by atoms with Crippen LogP contribution in [0.3, 0.4) is 0 Å². The lowest BCUT2D eigenvalue weighted by Crippen LogP contribution is -2.25. The number of hydrogen-bond donors (Lipinski definition) is 2. The number of fused-ring (bicyclic) bond motifs is 1. The van der Waals surface area contributed by atoms with Gasteiger partial charge in [-0.05, 0) is 82.0 Å². The molecule has 3 aromatic carbocycles. The molecule has 208 valence electrons. The van der Waals surface area contributed by atoms with Crippen LogP contribution in [0, 0.1) is 10.8 Å². The first kappa shape index (κ1) is 28.7. The average molecular weight is 528 g/mol. The zero-order valence-electron chi connectivity index (χ0n) is 25.3. The van der Waals surface area contributed by atoms with Gasteiger partial charge in [-0.15, -0.1) is 15.0 Å². The summed E-state index contributed by atoms with van der Waals surface area (Å²) in [6.07, 6.45) is 1.91. The largest absolute Gasteiger partial charge is 0.507 e. The third-order valence-corrected chi connectivity index (χ3v) is 7.39. The lowest BCUT2D eigenvalue weighted by Gasteiger charge is -2.34. The molecule has 1 aromatic heterocycles. The highest BCUT2D eigenvalue weighted by Crippen LogP contribution is 2.46. The second-order valence-corrected chi connectivity index (χ2v) is 14.8. The minimum absolute atomic E-state index is 0.0479. The van der Waals surface area contributed by atoms with E-state index in [-0.39, 0.29) is 33.2 Å². The summed E-state index contributed by atoms with van der Waals surface area (Å²) in [5, 5.41) is 32.2. The number of phenolic OH excluding ortho intramolecular Hbond substituents is 2. The summed E-state index contributed by atoms with van der Waals surface area (Å²) in [6.45, 7) is 22.4. The Labute approximate surface area is 233 Å². The molecule has 0 amide bonds. The van der Waals surface area contributed by atoms with E-state index >= 15 is 0 Å². The maximum absolute atomic E-state index is 11.7. The normalized spacial score (nSPS) is 13.3. The lowest BCUT2D eigenvalue weighted by atomic mass is 9.71. The predicted octanol–water partition coefficient (Wildman–Crippen LogP) is 8.93. The third-order valence-electron chi connectivity index (χ3n) is 7.39. The van der Waals surface area contributed by atoms with Gasteiger partial charge >= 0.3 is 0 Å². The Bertz CT molecular complexity index is 1460. The van der Waals surface area contributed by atoms with Gasteiger partial charge in [0, 0.05) is 11.1 Å². The van der Waals surface area contributed by atoms with Crippen LogP contribution in [0.2, 0.25) is 0 Å². The van der Waals surface area contributed by atoms with E-state index in [1.54, 1.807) is 6.07 Å². The summed E-state index contributed by atoms with van der Waals surface area (Å²) in [4.78, 5) is 1.52. The molecule has 0 aliphatic heterocycles. The maximum atomic E-state index is 11.7. The predicted molar refractivity (Wildman–Crippen MR) is 162 cm³/mol. The zero-order valence-corrected chi connectivity index (χ0v) is 25.3. The van der Waals surface area contributed by atoms with Gasteiger partial charge in [-0.3, -0.25) is 0 Å². The second-order valence-electron chi connectivity index (χ2n) is 14.8. The van der Waals surface area contributed by atoms with Crippen LogP contribution in [0.25, 0.3) is 27.8 Å². The first-order valence-electron chi connectivity index (χ1n) is 13.9. The molecule has 5 nitrogen and oxygen atoms in total. The molecular formula is C34H45N3O2. The SMILES string of the molecule is CC(C)(C)CC(C)(C)c1ccc(O)c(-c2cc(C(C)(C)CC(C)(C)C)cc(-n3nc4ccccc4n3)c2O)c1. The number of phenols is 2. The van der Waals surface area contributed by atoms with Crippen molar-refractivity contribution in [2.45, 2.75) is 92.9 Å². The average Bonchev–Trinajstić information content (AvgIpc) is 3.20. The number of benzene rings is 3. The molecule has 2 N–H and O–H groups in total. The maximum Gasteiger partial charge on any atom is 0.151 e. The minimum Gasteiger partial charge on any atom is -0.507 e. The fraction of sp³-hybridized carbons (Fsp3) is 0.471. The Morgan fingerprint density at radius 3 is 1.62 bits per heavy atom. The van der Waals surface area contributed by atoms with E-state index in [2.05, 4.69) is 79.4 Å². The van der Waals surface area contributed by atoms with Crippen molar-refractivity contribution >= 4 is 11.0 Å². The number of aromatic nitrogens is 3. The van der Waals surface area contributed by atoms with Crippen LogP contribution >= 0.6 is 0 Å². The van der Waals surface area contributed by atoms with Gasteiger partial charge in [0.1, 0.15) is 22.5 Å². The van der Waals surface area contributed by atoms with Gasteiger partial charge in [0.15, 0.2) is 5.75 Å². The van der Waals surface area contributed by atoms with Crippen molar-refractivity contribution in [1.82, 2.24) is 15.0 Å². The summed E-state index contributed by atoms with van der Waals surface area (Å²) in [7, 11) is 0. The zero-order chi connectivity index (χ0) is 29.0. The van der Waals surface area contributed by atoms with Crippen LogP contribution in [0.15, 0.2) is 54.6 Å². The second kappa shape index (κ2) is 9.69. The lowest BCUT2D eigenvalue weighted by molar-refractivity contribution is 0.283. The van der Waals surface area contributed by atoms with Gasteiger partial charge in [0.2, 0.25) is 0 Å². The Hall–Kier alpha value is -3.34. The van der Waals surface area contributed by atoms with Crippen LogP contribution in [0.1, 0.15) is 93.2 Å². The first-order chi connectivity index (χ1) is 17.9. The van der Waals surface area contributed by atoms with Crippen molar-refractivity contribution in [3.63, 3.8) is 0 Å². The molecule has 0 saturated carbocycles. The topological polar surface area (TPSA) is 71.2 Å². The van der Waals surface area contributed by atoms with Gasteiger partial charge in [0.25, 0.3) is 0 Å². The number of aromatic hydroxyl groups is 2. The van der Waals surface area contributed by atoms with E-state index in [4.69, 9.17) is 0 Å². The standard InChI is InChI=1S/C34H45N3O2/c1-31(2,3)20-33(7,8)22-15-16-29(38)24(17-22)25-18-23(34(9,10)21-32(4,5)6)19-28(30(25)39)37-35-26-13-11-12-14-27(26)36-37/h11-19,38-39H,20-21H2,1-10H3. The van der Waals surface area contributed by atoms with Crippen molar-refractivity contribution in [2.24, 2.45) is 10.8 Å². The summed E-state index contributed by atoms with van der Waals surface area (Å²) in [5.74, 6) is 0.183. The number of hydrogen-bond acceptors (Lipinski definition) is 4. The van der Waals surface area contributed by atoms with Gasteiger partial charge in [-0.25, -0.2) is 0 Å². The molecule has 0 radical (unpaired) electrons. The summed E-state index contributed by atoms with van der Waals surface area (Å²) < 4.78 is 0. The Kier molecular flexibility index (Phi) is 7.12. The van der Waals surface area contributed by atoms with Gasteiger partial charge in [-0.2, -0.15) is 0 Å². The van der Waals surface area contributed by atoms with Crippen LogP contribution in [-0.4, -0.2) is 25.2 Å². The molecule has 4 aromatic rings. The number of nitrogens with zero attached hydrogens (tertiary/aromatic N) is 3. The molecular weight excluding hydrogens is 482 g/mol. The fourth-order valence-corrected chi connectivity index (χ4v) is 6.36. The van der Waals surface area contributed by atoms with Crippen molar-refractivity contribution in [3.05, 3.63) is 65.7 Å². The molecule has 0 bridgehead atoms. The Balaban J connectivity index is 1.97. The quantitative estimate of drug-likeness (QED) is 0.262. The Morgan fingerprint density at radius 2 is 1.10 bits per heavy atom. The first-order valence-corrected chi connectivity index (χ1v) is 13.9. The molecule has 0 aliphatic carbocycles. The van der Waals surface area contributed by atoms with Crippen molar-refractivity contribution in [3.8, 4) is 28.3 Å². The van der Waals surface area contributed by atoms with Crippen LogP contribution < -0.4 is 0 Å². The van der Waals surface area contributed by atoms with Crippen LogP contribution in [0.4, 0.5) is 0 Å². The Morgan fingerprint density at radius 1 is 0.615 bits per heavy atom. The monoisotopic (exact) mass is 527 g/mol. The van der Waals surface area contributed by atoms with E-state index < -0.39 is 0 Å². The molecule has 0 saturated heterocycles. The van der Waals surface area contributed by atoms with Crippen LogP contribution in [-0.2, 0) is 10.8 Å². The van der Waals surface area contributed by atoms with Crippen LogP contribution in [0.5, 0.6) is 11.5 Å². The molecule has 0 fully saturated rings. The molecule has 0 aliphatic rings. The molecule has 5 heteroatoms. The highest BCUT2D eigenvalue weighted by atomic mass is 16.3. The smallest absolute Gasteiger partial charge is 0.151 e. The van der Waals surface area contributed by atoms with E-state index in [9.17, 15) is 10.2 Å². The molecule has 0 atom stereocenters. The molecule has 39 heavy (non-hydrogen) atoms. The van der Waals surface area contributed by atoms with Gasteiger partial charge in [-0.1, -0.05) is 87.4 Å².